The molecular formula is C9H17NO4. The van der Waals surface area contributed by atoms with E-state index in [1.165, 1.54) is 14.2 Å². The molecule has 0 spiro atoms. The van der Waals surface area contributed by atoms with E-state index in [-0.39, 0.29) is 11.9 Å². The van der Waals surface area contributed by atoms with Gasteiger partial charge in [0.1, 0.15) is 0 Å². The van der Waals surface area contributed by atoms with Crippen molar-refractivity contribution in [3.63, 3.8) is 0 Å². The minimum atomic E-state index is -0.231. The van der Waals surface area contributed by atoms with Crippen molar-refractivity contribution in [3.8, 4) is 0 Å². The first-order valence-electron chi connectivity index (χ1n) is 4.55. The summed E-state index contributed by atoms with van der Waals surface area (Å²) in [6.07, 6.45) is 1.48. The first kappa shape index (κ1) is 12.9. The largest absolute Gasteiger partial charge is 0.469 e. The van der Waals surface area contributed by atoms with E-state index in [0.29, 0.717) is 32.4 Å². The summed E-state index contributed by atoms with van der Waals surface area (Å²) in [6, 6.07) is 0. The molecule has 0 saturated carbocycles. The van der Waals surface area contributed by atoms with E-state index in [0.717, 1.165) is 0 Å². The predicted octanol–water partition coefficient (Wildman–Crippen LogP) is 0.0923. The van der Waals surface area contributed by atoms with Crippen LogP contribution in [0.3, 0.4) is 0 Å². The van der Waals surface area contributed by atoms with Gasteiger partial charge in [-0.25, -0.2) is 0 Å². The second-order valence-electron chi connectivity index (χ2n) is 2.76. The lowest BCUT2D eigenvalue weighted by Gasteiger charge is -2.02. The van der Waals surface area contributed by atoms with Crippen LogP contribution in [0.15, 0.2) is 0 Å². The van der Waals surface area contributed by atoms with Crippen molar-refractivity contribution < 1.29 is 19.1 Å². The Labute approximate surface area is 83.8 Å². The number of hydrogen-bond acceptors (Lipinski definition) is 5. The molecule has 1 N–H and O–H groups in total. The van der Waals surface area contributed by atoms with Gasteiger partial charge in [0.2, 0.25) is 0 Å². The molecular weight excluding hydrogens is 186 g/mol. The minimum absolute atomic E-state index is 0.209. The SMILES string of the molecule is COC(=O)CCCNCCC(=O)OC. The number of carbonyl (C=O) groups excluding carboxylic acids is 2. The average Bonchev–Trinajstić information content (AvgIpc) is 2.22. The van der Waals surface area contributed by atoms with Gasteiger partial charge < -0.3 is 14.8 Å². The van der Waals surface area contributed by atoms with Gasteiger partial charge in [0.25, 0.3) is 0 Å². The molecule has 0 aromatic heterocycles. The normalized spacial score (nSPS) is 9.57. The fraction of sp³-hybridized carbons (Fsp3) is 0.778. The molecule has 0 aromatic carbocycles. The quantitative estimate of drug-likeness (QED) is 0.469. The summed E-state index contributed by atoms with van der Waals surface area (Å²) in [5.74, 6) is -0.440. The van der Waals surface area contributed by atoms with E-state index < -0.39 is 0 Å². The van der Waals surface area contributed by atoms with Crippen LogP contribution in [-0.2, 0) is 19.1 Å². The number of carbonyl (C=O) groups is 2. The number of rotatable bonds is 7. The molecule has 0 radical (unpaired) electrons. The predicted molar refractivity (Wildman–Crippen MR) is 50.8 cm³/mol. The van der Waals surface area contributed by atoms with Crippen LogP contribution >= 0.6 is 0 Å². The first-order valence-corrected chi connectivity index (χ1v) is 4.55. The number of hydrogen-bond donors (Lipinski definition) is 1. The zero-order valence-electron chi connectivity index (χ0n) is 8.67. The van der Waals surface area contributed by atoms with Crippen molar-refractivity contribution >= 4 is 11.9 Å². The monoisotopic (exact) mass is 203 g/mol. The third-order valence-electron chi connectivity index (χ3n) is 1.70. The van der Waals surface area contributed by atoms with Crippen molar-refractivity contribution in [2.75, 3.05) is 27.3 Å². The van der Waals surface area contributed by atoms with Crippen molar-refractivity contribution in [1.29, 1.82) is 0 Å². The van der Waals surface area contributed by atoms with Crippen molar-refractivity contribution in [3.05, 3.63) is 0 Å². The van der Waals surface area contributed by atoms with E-state index in [2.05, 4.69) is 14.8 Å². The number of esters is 2. The van der Waals surface area contributed by atoms with Crippen LogP contribution in [0, 0.1) is 0 Å². The molecule has 0 aliphatic rings. The molecule has 5 nitrogen and oxygen atoms in total. The van der Waals surface area contributed by atoms with Gasteiger partial charge in [0, 0.05) is 13.0 Å². The summed E-state index contributed by atoms with van der Waals surface area (Å²) in [5.41, 5.74) is 0. The topological polar surface area (TPSA) is 64.6 Å². The number of methoxy groups -OCH3 is 2. The van der Waals surface area contributed by atoms with Gasteiger partial charge in [-0.1, -0.05) is 0 Å². The molecule has 0 aromatic rings. The van der Waals surface area contributed by atoms with Crippen molar-refractivity contribution in [1.82, 2.24) is 5.32 Å². The summed E-state index contributed by atoms with van der Waals surface area (Å²) < 4.78 is 8.93. The molecule has 0 heterocycles. The molecule has 0 atom stereocenters. The van der Waals surface area contributed by atoms with Gasteiger partial charge in [-0.05, 0) is 13.0 Å². The summed E-state index contributed by atoms with van der Waals surface area (Å²) in [5, 5.41) is 3.02. The minimum Gasteiger partial charge on any atom is -0.469 e. The first-order chi connectivity index (χ1) is 6.70. The Kier molecular flexibility index (Phi) is 7.83. The zero-order chi connectivity index (χ0) is 10.8. The smallest absolute Gasteiger partial charge is 0.306 e. The lowest BCUT2D eigenvalue weighted by atomic mass is 10.3. The van der Waals surface area contributed by atoms with Crippen LogP contribution in [0.2, 0.25) is 0 Å². The highest BCUT2D eigenvalue weighted by Gasteiger charge is 2.00. The molecule has 0 fully saturated rings. The van der Waals surface area contributed by atoms with Gasteiger partial charge >= 0.3 is 11.9 Å². The van der Waals surface area contributed by atoms with E-state index >= 15 is 0 Å². The third-order valence-corrected chi connectivity index (χ3v) is 1.70. The Balaban J connectivity index is 3.14. The summed E-state index contributed by atoms with van der Waals surface area (Å²) >= 11 is 0. The molecule has 0 aliphatic heterocycles. The van der Waals surface area contributed by atoms with Crippen LogP contribution in [0.4, 0.5) is 0 Å². The maximum Gasteiger partial charge on any atom is 0.306 e. The Morgan fingerprint density at radius 3 is 2.14 bits per heavy atom. The molecule has 5 heteroatoms. The van der Waals surface area contributed by atoms with E-state index in [9.17, 15) is 9.59 Å². The van der Waals surface area contributed by atoms with E-state index in [1.807, 2.05) is 0 Å². The second kappa shape index (κ2) is 8.50. The molecule has 0 bridgehead atoms. The van der Waals surface area contributed by atoms with Crippen molar-refractivity contribution in [2.45, 2.75) is 19.3 Å². The lowest BCUT2D eigenvalue weighted by Crippen LogP contribution is -2.20. The van der Waals surface area contributed by atoms with Gasteiger partial charge in [-0.15, -0.1) is 0 Å². The van der Waals surface area contributed by atoms with Crippen LogP contribution in [0.25, 0.3) is 0 Å². The number of ether oxygens (including phenoxy) is 2. The van der Waals surface area contributed by atoms with Crippen LogP contribution in [0.5, 0.6) is 0 Å². The summed E-state index contributed by atoms with van der Waals surface area (Å²) in [6.45, 7) is 1.28. The van der Waals surface area contributed by atoms with Crippen molar-refractivity contribution in [2.24, 2.45) is 0 Å². The maximum absolute atomic E-state index is 10.7. The fourth-order valence-corrected chi connectivity index (χ4v) is 0.877. The molecule has 0 amide bonds. The second-order valence-corrected chi connectivity index (χ2v) is 2.76. The highest BCUT2D eigenvalue weighted by atomic mass is 16.5. The van der Waals surface area contributed by atoms with E-state index in [1.54, 1.807) is 0 Å². The molecule has 0 aliphatic carbocycles. The van der Waals surface area contributed by atoms with Crippen LogP contribution in [0.1, 0.15) is 19.3 Å². The van der Waals surface area contributed by atoms with Gasteiger partial charge in [-0.2, -0.15) is 0 Å². The standard InChI is InChI=1S/C9H17NO4/c1-13-8(11)4-3-6-10-7-5-9(12)14-2/h10H,3-7H2,1-2H3. The van der Waals surface area contributed by atoms with E-state index in [4.69, 9.17) is 0 Å². The lowest BCUT2D eigenvalue weighted by molar-refractivity contribution is -0.141. The Bertz CT molecular complexity index is 162. The molecule has 82 valence electrons. The molecule has 14 heavy (non-hydrogen) atoms. The Hall–Kier alpha value is -1.10. The number of nitrogens with one attached hydrogen (secondary N) is 1. The zero-order valence-corrected chi connectivity index (χ0v) is 8.67. The van der Waals surface area contributed by atoms with Gasteiger partial charge in [-0.3, -0.25) is 9.59 Å². The molecule has 0 unspecified atom stereocenters. The summed E-state index contributed by atoms with van der Waals surface area (Å²) in [4.78, 5) is 21.3. The van der Waals surface area contributed by atoms with Gasteiger partial charge in [0.15, 0.2) is 0 Å². The highest BCUT2D eigenvalue weighted by molar-refractivity contribution is 5.69. The van der Waals surface area contributed by atoms with Crippen LogP contribution < -0.4 is 5.32 Å². The fourth-order valence-electron chi connectivity index (χ4n) is 0.877. The Morgan fingerprint density at radius 1 is 1.00 bits per heavy atom. The van der Waals surface area contributed by atoms with Gasteiger partial charge in [0.05, 0.1) is 20.6 Å². The summed E-state index contributed by atoms with van der Waals surface area (Å²) in [7, 11) is 2.73. The maximum atomic E-state index is 10.7. The average molecular weight is 203 g/mol. The Morgan fingerprint density at radius 2 is 1.57 bits per heavy atom. The molecule has 0 saturated heterocycles. The highest BCUT2D eigenvalue weighted by Crippen LogP contribution is 1.89. The molecule has 0 rings (SSSR count). The third kappa shape index (κ3) is 7.54. The van der Waals surface area contributed by atoms with Crippen LogP contribution in [-0.4, -0.2) is 39.2 Å².